The Morgan fingerprint density at radius 3 is 1.84 bits per heavy atom. The molecular weight excluding hydrogens is 941 g/mol. The summed E-state index contributed by atoms with van der Waals surface area (Å²) in [5.41, 5.74) is 15.6. The number of aryl methyl sites for hydroxylation is 2. The molecule has 0 unspecified atom stereocenters. The normalized spacial score (nSPS) is 14.2. The van der Waals surface area contributed by atoms with E-state index in [0.717, 1.165) is 83.2 Å². The summed E-state index contributed by atoms with van der Waals surface area (Å²) in [6.45, 7) is 25.0. The standard InChI is InChI=1S/C71H70N4O2/c1-44-33-51(71(12,13)47-21-15-14-16-22-47)34-45(2)66(44)46-31-32-72-65(35-46)75-59-30-27-48(68(3,4)5)39-57(59)55-29-28-54(42-62(55)75)76-64-41-53(40-58-56-23-17-20-26-63(56)77-67(58)64)74-43-73(60-24-18-19-25-61(60)74)52-37-49(69(6,7)8)36-50(38-52)70(9,10)11/h14-42H,43H2,1-13H3/i1D3. The van der Waals surface area contributed by atoms with Gasteiger partial charge in [-0.25, -0.2) is 4.98 Å². The summed E-state index contributed by atoms with van der Waals surface area (Å²) in [6.07, 6.45) is 1.79. The monoisotopic (exact) mass is 1010 g/mol. The van der Waals surface area contributed by atoms with Crippen molar-refractivity contribution in [2.75, 3.05) is 16.5 Å². The summed E-state index contributed by atoms with van der Waals surface area (Å²) in [5.74, 6) is 1.88. The van der Waals surface area contributed by atoms with Crippen molar-refractivity contribution in [3.05, 3.63) is 215 Å². The van der Waals surface area contributed by atoms with Crippen LogP contribution in [0.3, 0.4) is 0 Å². The molecule has 12 rings (SSSR count). The number of rotatable bonds is 8. The first-order valence-corrected chi connectivity index (χ1v) is 27.0. The number of aromatic nitrogens is 2. The smallest absolute Gasteiger partial charge is 0.178 e. The molecule has 8 aromatic carbocycles. The molecule has 0 saturated heterocycles. The van der Waals surface area contributed by atoms with Crippen molar-refractivity contribution >= 4 is 66.5 Å². The average molecular weight is 1010 g/mol. The number of ether oxygens (including phenoxy) is 1. The van der Waals surface area contributed by atoms with Gasteiger partial charge < -0.3 is 19.0 Å². The quantitative estimate of drug-likeness (QED) is 0.152. The summed E-state index contributed by atoms with van der Waals surface area (Å²) in [4.78, 5) is 9.89. The predicted molar refractivity (Wildman–Crippen MR) is 324 cm³/mol. The van der Waals surface area contributed by atoms with E-state index in [-0.39, 0.29) is 16.2 Å². The second-order valence-electron chi connectivity index (χ2n) is 24.9. The Bertz CT molecular complexity index is 4210. The minimum absolute atomic E-state index is 0.0415. The van der Waals surface area contributed by atoms with Gasteiger partial charge in [0, 0.05) is 60.8 Å². The zero-order valence-electron chi connectivity index (χ0n) is 49.6. The molecule has 0 amide bonds. The maximum absolute atomic E-state index is 8.92. The van der Waals surface area contributed by atoms with Crippen molar-refractivity contribution < 1.29 is 13.3 Å². The summed E-state index contributed by atoms with van der Waals surface area (Å²) < 4.78 is 42.9. The minimum Gasteiger partial charge on any atom is -0.453 e. The van der Waals surface area contributed by atoms with E-state index >= 15 is 0 Å². The molecule has 11 aromatic rings. The number of furan rings is 1. The van der Waals surface area contributed by atoms with Crippen molar-refractivity contribution in [1.82, 2.24) is 9.55 Å². The molecule has 77 heavy (non-hydrogen) atoms. The zero-order chi connectivity index (χ0) is 56.4. The van der Waals surface area contributed by atoms with Gasteiger partial charge in [0.1, 0.15) is 23.8 Å². The molecule has 0 spiro atoms. The van der Waals surface area contributed by atoms with Crippen LogP contribution >= 0.6 is 0 Å². The molecule has 1 aliphatic rings. The first-order valence-electron chi connectivity index (χ1n) is 28.5. The topological polar surface area (TPSA) is 46.7 Å². The molecule has 0 fully saturated rings. The van der Waals surface area contributed by atoms with E-state index in [0.29, 0.717) is 40.7 Å². The zero-order valence-corrected chi connectivity index (χ0v) is 46.6. The van der Waals surface area contributed by atoms with Crippen molar-refractivity contribution in [2.45, 2.75) is 112 Å². The number of hydrogen-bond acceptors (Lipinski definition) is 5. The number of para-hydroxylation sites is 3. The van der Waals surface area contributed by atoms with E-state index in [1.807, 2.05) is 61.5 Å². The van der Waals surface area contributed by atoms with Crippen LogP contribution in [0, 0.1) is 13.8 Å². The van der Waals surface area contributed by atoms with E-state index < -0.39 is 12.3 Å². The molecule has 4 heterocycles. The van der Waals surface area contributed by atoms with E-state index in [1.165, 1.54) is 16.7 Å². The lowest BCUT2D eigenvalue weighted by atomic mass is 9.76. The predicted octanol–water partition coefficient (Wildman–Crippen LogP) is 19.6. The molecule has 3 aromatic heterocycles. The second-order valence-corrected chi connectivity index (χ2v) is 24.9. The molecule has 0 aliphatic carbocycles. The second kappa shape index (κ2) is 18.0. The van der Waals surface area contributed by atoms with Crippen molar-refractivity contribution in [2.24, 2.45) is 0 Å². The fourth-order valence-electron chi connectivity index (χ4n) is 11.5. The third-order valence-corrected chi connectivity index (χ3v) is 16.1. The van der Waals surface area contributed by atoms with Crippen LogP contribution in [0.25, 0.3) is 60.7 Å². The fourth-order valence-corrected chi connectivity index (χ4v) is 11.5. The Kier molecular flexibility index (Phi) is 10.8. The molecule has 1 aliphatic heterocycles. The first kappa shape index (κ1) is 46.2. The Balaban J connectivity index is 0.999. The van der Waals surface area contributed by atoms with Gasteiger partial charge in [0.05, 0.1) is 22.4 Å². The Morgan fingerprint density at radius 2 is 1.16 bits per heavy atom. The van der Waals surface area contributed by atoms with Crippen LogP contribution < -0.4 is 14.5 Å². The van der Waals surface area contributed by atoms with Gasteiger partial charge in [0.15, 0.2) is 11.3 Å². The van der Waals surface area contributed by atoms with Gasteiger partial charge in [-0.05, 0) is 153 Å². The largest absolute Gasteiger partial charge is 0.453 e. The Labute approximate surface area is 458 Å². The highest BCUT2D eigenvalue weighted by molar-refractivity contribution is 6.11. The maximum Gasteiger partial charge on any atom is 0.178 e. The van der Waals surface area contributed by atoms with Crippen molar-refractivity contribution in [3.63, 3.8) is 0 Å². The van der Waals surface area contributed by atoms with Crippen LogP contribution in [0.1, 0.15) is 119 Å². The Morgan fingerprint density at radius 1 is 0.506 bits per heavy atom. The van der Waals surface area contributed by atoms with Crippen molar-refractivity contribution in [1.29, 1.82) is 0 Å². The van der Waals surface area contributed by atoms with E-state index in [1.54, 1.807) is 6.20 Å². The Hall–Kier alpha value is -8.09. The molecule has 0 bridgehead atoms. The van der Waals surface area contributed by atoms with Crippen LogP contribution in [0.5, 0.6) is 11.5 Å². The van der Waals surface area contributed by atoms with Crippen LogP contribution in [-0.2, 0) is 21.7 Å². The lowest BCUT2D eigenvalue weighted by Gasteiger charge is -2.29. The van der Waals surface area contributed by atoms with Crippen LogP contribution in [-0.4, -0.2) is 16.2 Å². The van der Waals surface area contributed by atoms with Gasteiger partial charge in [-0.15, -0.1) is 0 Å². The molecule has 0 saturated carbocycles. The molecule has 0 N–H and O–H groups in total. The van der Waals surface area contributed by atoms with Gasteiger partial charge >= 0.3 is 0 Å². The number of benzene rings is 8. The average Bonchev–Trinajstić information content (AvgIpc) is 4.29. The lowest BCUT2D eigenvalue weighted by Crippen LogP contribution is -2.25. The molecule has 386 valence electrons. The van der Waals surface area contributed by atoms with Gasteiger partial charge in [0.25, 0.3) is 0 Å². The highest BCUT2D eigenvalue weighted by atomic mass is 16.5. The fraction of sp³-hybridized carbons (Fsp3) is 0.254. The van der Waals surface area contributed by atoms with Crippen molar-refractivity contribution in [3.8, 4) is 28.4 Å². The number of anilines is 4. The van der Waals surface area contributed by atoms with Gasteiger partial charge in [-0.2, -0.15) is 0 Å². The maximum atomic E-state index is 8.92. The number of fused-ring (bicyclic) bond motifs is 7. The first-order chi connectivity index (χ1) is 37.8. The SMILES string of the molecule is [2H]C([2H])([2H])c1cc(C(C)(C)c2ccccc2)cc(C)c1-c1ccnc(-n2c3ccc(C(C)(C)C)cc3c3ccc(Oc4cc(N5CN(c6cc(C(C)(C)C)cc(C(C)(C)C)c6)c6ccccc65)cc5c4oc4ccccc45)cc32)c1. The van der Waals surface area contributed by atoms with E-state index in [4.69, 9.17) is 18.3 Å². The van der Waals surface area contributed by atoms with Gasteiger partial charge in [0.2, 0.25) is 0 Å². The lowest BCUT2D eigenvalue weighted by molar-refractivity contribution is 0.477. The highest BCUT2D eigenvalue weighted by Gasteiger charge is 2.32. The number of nitrogens with zero attached hydrogens (tertiary/aromatic N) is 4. The number of hydrogen-bond donors (Lipinski definition) is 0. The number of pyridine rings is 1. The van der Waals surface area contributed by atoms with Gasteiger partial charge in [-0.3, -0.25) is 4.57 Å². The third-order valence-electron chi connectivity index (χ3n) is 16.1. The third kappa shape index (κ3) is 8.72. The summed E-state index contributed by atoms with van der Waals surface area (Å²) >= 11 is 0. The van der Waals surface area contributed by atoms with Crippen LogP contribution in [0.2, 0.25) is 0 Å². The summed E-state index contributed by atoms with van der Waals surface area (Å²) in [7, 11) is 0. The van der Waals surface area contributed by atoms with E-state index in [9.17, 15) is 0 Å². The molecule has 0 radical (unpaired) electrons. The molecular formula is C71H70N4O2. The van der Waals surface area contributed by atoms with E-state index in [2.05, 4.69) is 206 Å². The molecule has 6 heteroatoms. The van der Waals surface area contributed by atoms with Crippen LogP contribution in [0.15, 0.2) is 180 Å². The molecule has 6 nitrogen and oxygen atoms in total. The summed E-state index contributed by atoms with van der Waals surface area (Å²) in [5, 5.41) is 4.09. The molecule has 0 atom stereocenters. The summed E-state index contributed by atoms with van der Waals surface area (Å²) in [6, 6.07) is 59.6. The highest BCUT2D eigenvalue weighted by Crippen LogP contribution is 2.49. The minimum atomic E-state index is -2.39. The van der Waals surface area contributed by atoms with Gasteiger partial charge in [-0.1, -0.05) is 161 Å². The van der Waals surface area contributed by atoms with Crippen LogP contribution in [0.4, 0.5) is 22.7 Å².